The Morgan fingerprint density at radius 2 is 2.00 bits per heavy atom. The summed E-state index contributed by atoms with van der Waals surface area (Å²) in [5.74, 6) is -1.13. The van der Waals surface area contributed by atoms with Gasteiger partial charge in [0.15, 0.2) is 6.23 Å². The fraction of sp³-hybridized carbons (Fsp3) is 0.304. The Kier molecular flexibility index (Phi) is 7.85. The number of aromatic nitrogens is 1. The van der Waals surface area contributed by atoms with Gasteiger partial charge in [-0.05, 0) is 50.6 Å². The third kappa shape index (κ3) is 6.63. The summed E-state index contributed by atoms with van der Waals surface area (Å²) in [4.78, 5) is 15.9. The van der Waals surface area contributed by atoms with Crippen LogP contribution in [-0.2, 0) is 10.9 Å². The predicted octanol–water partition coefficient (Wildman–Crippen LogP) is 4.85. The lowest BCUT2D eigenvalue weighted by Crippen LogP contribution is -2.30. The number of dihydropyridines is 1. The molecule has 0 saturated carbocycles. The van der Waals surface area contributed by atoms with Gasteiger partial charge in [-0.15, -0.1) is 0 Å². The normalized spacial score (nSPS) is 15.6. The highest BCUT2D eigenvalue weighted by atomic mass is 19.4. The summed E-state index contributed by atoms with van der Waals surface area (Å²) in [5.41, 5.74) is -0.645. The lowest BCUT2D eigenvalue weighted by atomic mass is 10.0. The molecule has 12 heteroatoms. The van der Waals surface area contributed by atoms with Gasteiger partial charge in [0.1, 0.15) is 17.1 Å². The number of pyridine rings is 1. The number of anilines is 2. The van der Waals surface area contributed by atoms with E-state index in [9.17, 15) is 27.5 Å². The molecule has 8 nitrogen and oxygen atoms in total. The number of carbonyl (C=O) groups excluding carboxylic acids is 1. The molecule has 0 spiro atoms. The largest absolute Gasteiger partial charge is 0.493 e. The first-order chi connectivity index (χ1) is 16.5. The number of amides is 2. The first-order valence-corrected chi connectivity index (χ1v) is 10.6. The van der Waals surface area contributed by atoms with Crippen LogP contribution in [0.15, 0.2) is 48.5 Å². The number of urea groups is 1. The van der Waals surface area contributed by atoms with E-state index in [1.807, 2.05) is 0 Å². The van der Waals surface area contributed by atoms with E-state index >= 15 is 0 Å². The summed E-state index contributed by atoms with van der Waals surface area (Å²) >= 11 is 0. The van der Waals surface area contributed by atoms with Gasteiger partial charge in [0.25, 0.3) is 0 Å². The van der Waals surface area contributed by atoms with Gasteiger partial charge in [0, 0.05) is 11.8 Å². The number of aliphatic hydroxyl groups excluding tert-OH is 1. The average molecular weight is 496 g/mol. The number of alkyl halides is 3. The predicted molar refractivity (Wildman–Crippen MR) is 121 cm³/mol. The molecule has 0 fully saturated rings. The van der Waals surface area contributed by atoms with Crippen molar-refractivity contribution in [2.24, 2.45) is 0 Å². The summed E-state index contributed by atoms with van der Waals surface area (Å²) < 4.78 is 65.2. The van der Waals surface area contributed by atoms with Crippen molar-refractivity contribution in [2.75, 3.05) is 17.2 Å². The van der Waals surface area contributed by atoms with Crippen molar-refractivity contribution in [2.45, 2.75) is 39.3 Å². The number of allylic oxidation sites excluding steroid dienone is 2. The molecule has 1 atom stereocenters. The molecule has 0 aliphatic carbocycles. The summed E-state index contributed by atoms with van der Waals surface area (Å²) in [6, 6.07) is 3.68. The molecule has 0 bridgehead atoms. The van der Waals surface area contributed by atoms with Gasteiger partial charge in [-0.25, -0.2) is 14.2 Å². The van der Waals surface area contributed by atoms with Crippen LogP contribution in [0, 0.1) is 5.82 Å². The van der Waals surface area contributed by atoms with Gasteiger partial charge in [-0.3, -0.25) is 0 Å². The number of hydrogen-bond donors (Lipinski definition) is 4. The molecule has 2 aromatic rings. The number of hydrogen-bond acceptors (Lipinski definition) is 6. The zero-order valence-electron chi connectivity index (χ0n) is 19.0. The van der Waals surface area contributed by atoms with E-state index in [4.69, 9.17) is 9.47 Å². The Labute approximate surface area is 198 Å². The second kappa shape index (κ2) is 10.6. The van der Waals surface area contributed by atoms with Crippen molar-refractivity contribution < 1.29 is 36.9 Å². The number of nitrogens with one attached hydrogen (secondary N) is 3. The van der Waals surface area contributed by atoms with Crippen molar-refractivity contribution in [3.8, 4) is 5.88 Å². The minimum absolute atomic E-state index is 0.201. The van der Waals surface area contributed by atoms with Crippen molar-refractivity contribution in [1.82, 2.24) is 10.3 Å². The number of aliphatic hydroxyl groups is 1. The second-order valence-corrected chi connectivity index (χ2v) is 7.66. The monoisotopic (exact) mass is 496 g/mol. The number of nitrogens with zero attached hydrogens (tertiary/aromatic N) is 1. The zero-order valence-corrected chi connectivity index (χ0v) is 19.0. The van der Waals surface area contributed by atoms with Crippen LogP contribution in [0.4, 0.5) is 33.7 Å². The molecule has 1 aromatic heterocycles. The van der Waals surface area contributed by atoms with Gasteiger partial charge in [0.2, 0.25) is 5.88 Å². The fourth-order valence-corrected chi connectivity index (χ4v) is 3.10. The van der Waals surface area contributed by atoms with Crippen LogP contribution < -0.4 is 20.7 Å². The summed E-state index contributed by atoms with van der Waals surface area (Å²) in [6.07, 6.45) is -2.28. The summed E-state index contributed by atoms with van der Waals surface area (Å²) in [5, 5.41) is 17.0. The van der Waals surface area contributed by atoms with Gasteiger partial charge < -0.3 is 30.5 Å². The minimum atomic E-state index is -4.76. The van der Waals surface area contributed by atoms with Gasteiger partial charge in [-0.1, -0.05) is 6.07 Å². The van der Waals surface area contributed by atoms with E-state index in [1.165, 1.54) is 18.3 Å². The van der Waals surface area contributed by atoms with E-state index in [0.717, 1.165) is 12.3 Å². The zero-order chi connectivity index (χ0) is 25.8. The van der Waals surface area contributed by atoms with Crippen molar-refractivity contribution in [3.05, 3.63) is 65.4 Å². The maximum Gasteiger partial charge on any atom is 0.421 e. The number of benzene rings is 1. The molecule has 35 heavy (non-hydrogen) atoms. The van der Waals surface area contributed by atoms with Crippen LogP contribution in [0.2, 0.25) is 0 Å². The molecule has 4 N–H and O–H groups in total. The van der Waals surface area contributed by atoms with Gasteiger partial charge in [-0.2, -0.15) is 13.2 Å². The minimum Gasteiger partial charge on any atom is -0.493 e. The van der Waals surface area contributed by atoms with E-state index in [-0.39, 0.29) is 17.1 Å². The van der Waals surface area contributed by atoms with Gasteiger partial charge in [0.05, 0.1) is 30.3 Å². The Balaban J connectivity index is 1.73. The van der Waals surface area contributed by atoms with Crippen LogP contribution in [-0.4, -0.2) is 35.1 Å². The number of halogens is 4. The molecule has 0 radical (unpaired) electrons. The maximum absolute atomic E-state index is 14.7. The number of ether oxygens (including phenoxy) is 2. The Morgan fingerprint density at radius 1 is 1.26 bits per heavy atom. The summed E-state index contributed by atoms with van der Waals surface area (Å²) in [7, 11) is 0. The highest BCUT2D eigenvalue weighted by Gasteiger charge is 2.36. The Hall–Kier alpha value is -3.80. The molecule has 2 heterocycles. The molecular formula is C23H24F4N4O4. The number of carbonyl (C=O) groups is 1. The standard InChI is InChI=1S/C23H24F4N4O4/c1-4-34-19-8-14(10-28-20(19)32)13-5-6-18(17(24)7-13)31-22(33)30-15-9-16(23(25,26)27)21(29-11-15)35-12(2)3/h5-12,20,28,32H,4H2,1-3H3,(H2,30,31,33). The van der Waals surface area contributed by atoms with Crippen LogP contribution in [0.25, 0.3) is 5.57 Å². The van der Waals surface area contributed by atoms with Crippen molar-refractivity contribution >= 4 is 23.0 Å². The Bertz CT molecular complexity index is 1150. The molecule has 2 amide bonds. The Morgan fingerprint density at radius 3 is 2.63 bits per heavy atom. The van der Waals surface area contributed by atoms with Crippen molar-refractivity contribution in [3.63, 3.8) is 0 Å². The quantitative estimate of drug-likeness (QED) is 0.409. The average Bonchev–Trinajstić information content (AvgIpc) is 2.77. The highest BCUT2D eigenvalue weighted by molar-refractivity contribution is 6.00. The van der Waals surface area contributed by atoms with Crippen LogP contribution in [0.1, 0.15) is 31.9 Å². The molecule has 1 aliphatic rings. The first-order valence-electron chi connectivity index (χ1n) is 10.6. The van der Waals surface area contributed by atoms with E-state index < -0.39 is 41.8 Å². The highest BCUT2D eigenvalue weighted by Crippen LogP contribution is 2.37. The van der Waals surface area contributed by atoms with E-state index in [1.54, 1.807) is 26.8 Å². The van der Waals surface area contributed by atoms with E-state index in [2.05, 4.69) is 20.9 Å². The number of rotatable bonds is 7. The molecule has 1 unspecified atom stereocenters. The molecule has 1 aliphatic heterocycles. The summed E-state index contributed by atoms with van der Waals surface area (Å²) in [6.45, 7) is 5.20. The van der Waals surface area contributed by atoms with Crippen molar-refractivity contribution in [1.29, 1.82) is 0 Å². The molecule has 188 valence electrons. The fourth-order valence-electron chi connectivity index (χ4n) is 3.10. The molecular weight excluding hydrogens is 472 g/mol. The topological polar surface area (TPSA) is 105 Å². The maximum atomic E-state index is 14.7. The molecule has 1 aromatic carbocycles. The van der Waals surface area contributed by atoms with Gasteiger partial charge >= 0.3 is 12.2 Å². The second-order valence-electron chi connectivity index (χ2n) is 7.66. The lowest BCUT2D eigenvalue weighted by Gasteiger charge is -2.21. The van der Waals surface area contributed by atoms with Crippen LogP contribution in [0.3, 0.4) is 0 Å². The van der Waals surface area contributed by atoms with Crippen LogP contribution in [0.5, 0.6) is 5.88 Å². The molecule has 3 rings (SSSR count). The smallest absolute Gasteiger partial charge is 0.421 e. The lowest BCUT2D eigenvalue weighted by molar-refractivity contribution is -0.139. The first kappa shape index (κ1) is 25.8. The van der Waals surface area contributed by atoms with Crippen LogP contribution >= 0.6 is 0 Å². The van der Waals surface area contributed by atoms with E-state index in [0.29, 0.717) is 23.8 Å². The SMILES string of the molecule is CCOC1=CC(c2ccc(NC(=O)Nc3cnc(OC(C)C)c(C(F)(F)F)c3)c(F)c2)=CNC1O. The third-order valence-electron chi connectivity index (χ3n) is 4.59. The third-order valence-corrected chi connectivity index (χ3v) is 4.59. The molecule has 0 saturated heterocycles.